The number of benzene rings is 2. The molecule has 0 spiro atoms. The molecule has 2 aromatic heterocycles. The molecule has 9 heteroatoms. The highest BCUT2D eigenvalue weighted by atomic mass is 16.3. The number of aromatic nitrogens is 2. The van der Waals surface area contributed by atoms with Gasteiger partial charge in [0, 0.05) is 41.6 Å². The van der Waals surface area contributed by atoms with Crippen molar-refractivity contribution in [1.29, 1.82) is 0 Å². The molecule has 4 aromatic rings. The number of likely N-dealkylation sites (tertiary alicyclic amines) is 1. The lowest BCUT2D eigenvalue weighted by Gasteiger charge is -2.36. The summed E-state index contributed by atoms with van der Waals surface area (Å²) in [6.07, 6.45) is -1.63. The van der Waals surface area contributed by atoms with Crippen LogP contribution in [0.2, 0.25) is 0 Å². The Balaban J connectivity index is 1.28. The Hall–Kier alpha value is -3.95. The molecule has 1 aliphatic heterocycles. The van der Waals surface area contributed by atoms with Gasteiger partial charge in [-0.2, -0.15) is 0 Å². The standard InChI is InChI=1S/C25H24N4O5/c30-17(10-23(32)29-12-18(31)13-29)11-26-24(33)15-5-6-21-16(7-15)9-22(27-21)19-8-14-3-1-2-4-20(14)28-25(19)34/h1-9,17-18,27,30-31H,10-13H2,(H,26,33)(H,28,34). The fraction of sp³-hybridized carbons (Fsp3) is 0.240. The summed E-state index contributed by atoms with van der Waals surface area (Å²) in [5.41, 5.74) is 2.88. The third kappa shape index (κ3) is 4.30. The Labute approximate surface area is 194 Å². The van der Waals surface area contributed by atoms with Crippen LogP contribution in [0, 0.1) is 0 Å². The summed E-state index contributed by atoms with van der Waals surface area (Å²) in [6, 6.07) is 16.3. The quantitative estimate of drug-likeness (QED) is 0.296. The van der Waals surface area contributed by atoms with Gasteiger partial charge in [0.15, 0.2) is 0 Å². The number of rotatable bonds is 6. The van der Waals surface area contributed by atoms with Crippen molar-refractivity contribution in [2.45, 2.75) is 18.6 Å². The number of fused-ring (bicyclic) bond motifs is 2. The number of β-amino-alcohol motifs (C(OH)–C–C–N with tert-alkyl or cyclic N) is 1. The van der Waals surface area contributed by atoms with Crippen molar-refractivity contribution in [3.63, 3.8) is 0 Å². The molecule has 1 unspecified atom stereocenters. The maximum Gasteiger partial charge on any atom is 0.257 e. The minimum absolute atomic E-state index is 0.0656. The van der Waals surface area contributed by atoms with Gasteiger partial charge < -0.3 is 30.4 Å². The number of pyridine rings is 1. The first-order valence-electron chi connectivity index (χ1n) is 11.0. The lowest BCUT2D eigenvalue weighted by atomic mass is 10.1. The highest BCUT2D eigenvalue weighted by Crippen LogP contribution is 2.25. The van der Waals surface area contributed by atoms with E-state index in [0.717, 1.165) is 21.8 Å². The lowest BCUT2D eigenvalue weighted by Crippen LogP contribution is -2.54. The van der Waals surface area contributed by atoms with E-state index in [9.17, 15) is 24.6 Å². The average Bonchev–Trinajstić information content (AvgIpc) is 3.23. The molecule has 1 saturated heterocycles. The van der Waals surface area contributed by atoms with E-state index in [1.54, 1.807) is 18.2 Å². The van der Waals surface area contributed by atoms with Gasteiger partial charge in [-0.05, 0) is 41.8 Å². The second-order valence-electron chi connectivity index (χ2n) is 8.60. The molecule has 1 atom stereocenters. The smallest absolute Gasteiger partial charge is 0.257 e. The third-order valence-electron chi connectivity index (χ3n) is 6.05. The molecule has 9 nitrogen and oxygen atoms in total. The maximum absolute atomic E-state index is 12.6. The van der Waals surface area contributed by atoms with Crippen molar-refractivity contribution >= 4 is 33.6 Å². The van der Waals surface area contributed by atoms with E-state index in [2.05, 4.69) is 15.3 Å². The van der Waals surface area contributed by atoms with E-state index in [0.29, 0.717) is 16.8 Å². The Bertz CT molecular complexity index is 1450. The number of amides is 2. The molecule has 0 saturated carbocycles. The molecule has 174 valence electrons. The number of aliphatic hydroxyl groups is 2. The molecular formula is C25H24N4O5. The topological polar surface area (TPSA) is 139 Å². The first kappa shape index (κ1) is 21.9. The van der Waals surface area contributed by atoms with Gasteiger partial charge in [0.2, 0.25) is 5.91 Å². The maximum atomic E-state index is 12.6. The Morgan fingerprint density at radius 1 is 1.03 bits per heavy atom. The molecule has 0 aliphatic carbocycles. The van der Waals surface area contributed by atoms with Crippen LogP contribution in [0.4, 0.5) is 0 Å². The molecule has 34 heavy (non-hydrogen) atoms. The monoisotopic (exact) mass is 460 g/mol. The minimum Gasteiger partial charge on any atom is -0.391 e. The van der Waals surface area contributed by atoms with Crippen molar-refractivity contribution in [2.24, 2.45) is 0 Å². The van der Waals surface area contributed by atoms with Crippen LogP contribution >= 0.6 is 0 Å². The van der Waals surface area contributed by atoms with Gasteiger partial charge in [-0.15, -0.1) is 0 Å². The summed E-state index contributed by atoms with van der Waals surface area (Å²) in [6.45, 7) is 0.493. The number of aliphatic hydroxyl groups excluding tert-OH is 2. The van der Waals surface area contributed by atoms with Crippen LogP contribution in [0.1, 0.15) is 16.8 Å². The number of hydrogen-bond acceptors (Lipinski definition) is 5. The van der Waals surface area contributed by atoms with Crippen LogP contribution in [0.5, 0.6) is 0 Å². The first-order chi connectivity index (χ1) is 16.4. The summed E-state index contributed by atoms with van der Waals surface area (Å²) in [5.74, 6) is -0.629. The van der Waals surface area contributed by atoms with E-state index in [1.807, 2.05) is 36.4 Å². The number of H-pyrrole nitrogens is 2. The van der Waals surface area contributed by atoms with Crippen LogP contribution in [0.3, 0.4) is 0 Å². The number of carbonyl (C=O) groups excluding carboxylic acids is 2. The Morgan fingerprint density at radius 3 is 2.59 bits per heavy atom. The van der Waals surface area contributed by atoms with E-state index in [1.165, 1.54) is 4.90 Å². The Kier molecular flexibility index (Phi) is 5.64. The molecule has 3 heterocycles. The molecule has 5 rings (SSSR count). The number of nitrogens with zero attached hydrogens (tertiary/aromatic N) is 1. The van der Waals surface area contributed by atoms with Crippen molar-refractivity contribution in [2.75, 3.05) is 19.6 Å². The summed E-state index contributed by atoms with van der Waals surface area (Å²) in [5, 5.41) is 23.7. The number of hydrogen-bond donors (Lipinski definition) is 5. The molecule has 0 radical (unpaired) electrons. The number of carbonyl (C=O) groups is 2. The largest absolute Gasteiger partial charge is 0.391 e. The van der Waals surface area contributed by atoms with E-state index >= 15 is 0 Å². The zero-order valence-electron chi connectivity index (χ0n) is 18.2. The van der Waals surface area contributed by atoms with Gasteiger partial charge in [0.1, 0.15) is 0 Å². The fourth-order valence-corrected chi connectivity index (χ4v) is 4.14. The highest BCUT2D eigenvalue weighted by molar-refractivity contribution is 5.99. The van der Waals surface area contributed by atoms with Crippen LogP contribution in [0.15, 0.2) is 59.4 Å². The predicted molar refractivity (Wildman–Crippen MR) is 127 cm³/mol. The zero-order valence-corrected chi connectivity index (χ0v) is 18.2. The minimum atomic E-state index is -1.02. The molecule has 2 amide bonds. The zero-order chi connectivity index (χ0) is 23.8. The summed E-state index contributed by atoms with van der Waals surface area (Å²) >= 11 is 0. The van der Waals surface area contributed by atoms with E-state index in [4.69, 9.17) is 0 Å². The van der Waals surface area contributed by atoms with Crippen molar-refractivity contribution in [3.8, 4) is 11.3 Å². The van der Waals surface area contributed by atoms with Crippen molar-refractivity contribution in [1.82, 2.24) is 20.2 Å². The molecule has 1 aliphatic rings. The molecule has 2 aromatic carbocycles. The highest BCUT2D eigenvalue weighted by Gasteiger charge is 2.29. The third-order valence-corrected chi connectivity index (χ3v) is 6.05. The molecular weight excluding hydrogens is 436 g/mol. The van der Waals surface area contributed by atoms with Gasteiger partial charge in [-0.1, -0.05) is 18.2 Å². The average molecular weight is 460 g/mol. The van der Waals surface area contributed by atoms with Crippen LogP contribution in [-0.2, 0) is 4.79 Å². The summed E-state index contributed by atoms with van der Waals surface area (Å²) in [4.78, 5) is 44.7. The first-order valence-corrected chi connectivity index (χ1v) is 11.0. The Morgan fingerprint density at radius 2 is 1.79 bits per heavy atom. The van der Waals surface area contributed by atoms with E-state index in [-0.39, 0.29) is 43.4 Å². The molecule has 5 N–H and O–H groups in total. The summed E-state index contributed by atoms with van der Waals surface area (Å²) in [7, 11) is 0. The number of nitrogens with one attached hydrogen (secondary N) is 3. The fourth-order valence-electron chi connectivity index (χ4n) is 4.14. The van der Waals surface area contributed by atoms with Crippen molar-refractivity contribution < 1.29 is 19.8 Å². The van der Waals surface area contributed by atoms with Crippen LogP contribution in [0.25, 0.3) is 33.1 Å². The SMILES string of the molecule is O=C(NCC(O)CC(=O)N1CC(O)C1)c1ccc2[nH]c(-c3cc4ccccc4[nH]c3=O)cc2c1. The van der Waals surface area contributed by atoms with Gasteiger partial charge in [-0.25, -0.2) is 0 Å². The lowest BCUT2D eigenvalue weighted by molar-refractivity contribution is -0.143. The van der Waals surface area contributed by atoms with Gasteiger partial charge >= 0.3 is 0 Å². The second-order valence-corrected chi connectivity index (χ2v) is 8.60. The molecule has 0 bridgehead atoms. The number of aromatic amines is 2. The van der Waals surface area contributed by atoms with Crippen LogP contribution < -0.4 is 10.9 Å². The van der Waals surface area contributed by atoms with E-state index < -0.39 is 12.2 Å². The predicted octanol–water partition coefficient (Wildman–Crippen LogP) is 1.36. The van der Waals surface area contributed by atoms with Crippen molar-refractivity contribution in [3.05, 3.63) is 70.5 Å². The van der Waals surface area contributed by atoms with Gasteiger partial charge in [-0.3, -0.25) is 14.4 Å². The summed E-state index contributed by atoms with van der Waals surface area (Å²) < 4.78 is 0. The number of para-hydroxylation sites is 1. The second kappa shape index (κ2) is 8.77. The van der Waals surface area contributed by atoms with Gasteiger partial charge in [0.05, 0.1) is 29.9 Å². The van der Waals surface area contributed by atoms with Crippen LogP contribution in [-0.4, -0.2) is 68.7 Å². The normalized spacial score (nSPS) is 14.8. The van der Waals surface area contributed by atoms with Gasteiger partial charge in [0.25, 0.3) is 11.5 Å². The molecule has 1 fully saturated rings.